The van der Waals surface area contributed by atoms with E-state index in [1.165, 1.54) is 0 Å². The molecular formula is C21H26FN5. The maximum absolute atomic E-state index is 13.8. The number of aliphatic imine (C=N–C) groups is 1. The Labute approximate surface area is 159 Å². The highest BCUT2D eigenvalue weighted by Crippen LogP contribution is 2.16. The standard InChI is InChI=1S/C21H26FN5/c1-14-10-11-16(13-17(14)22)15(2)25-21(23-3)24-12-6-9-20-26-18-7-4-5-8-19(18)27-20/h4-5,7-8,10-11,13,15H,6,9,12H2,1-3H3,(H,26,27)(H2,23,24,25). The van der Waals surface area contributed by atoms with E-state index >= 15 is 0 Å². The van der Waals surface area contributed by atoms with Gasteiger partial charge in [0.25, 0.3) is 0 Å². The molecule has 3 aromatic rings. The Balaban J connectivity index is 1.47. The van der Waals surface area contributed by atoms with E-state index < -0.39 is 0 Å². The van der Waals surface area contributed by atoms with Gasteiger partial charge in [-0.1, -0.05) is 24.3 Å². The minimum atomic E-state index is -0.185. The van der Waals surface area contributed by atoms with Crippen LogP contribution >= 0.6 is 0 Å². The van der Waals surface area contributed by atoms with Gasteiger partial charge >= 0.3 is 0 Å². The van der Waals surface area contributed by atoms with Crippen LogP contribution in [0.25, 0.3) is 11.0 Å². The van der Waals surface area contributed by atoms with Crippen molar-refractivity contribution in [2.45, 2.75) is 32.7 Å². The van der Waals surface area contributed by atoms with Crippen molar-refractivity contribution in [3.8, 4) is 0 Å². The third-order valence-corrected chi connectivity index (χ3v) is 4.59. The van der Waals surface area contributed by atoms with Crippen molar-refractivity contribution in [3.63, 3.8) is 0 Å². The number of aryl methyl sites for hydroxylation is 2. The maximum atomic E-state index is 13.8. The molecule has 1 heterocycles. The van der Waals surface area contributed by atoms with Crippen molar-refractivity contribution in [1.29, 1.82) is 0 Å². The van der Waals surface area contributed by atoms with Crippen LogP contribution in [-0.2, 0) is 6.42 Å². The summed E-state index contributed by atoms with van der Waals surface area (Å²) < 4.78 is 13.8. The van der Waals surface area contributed by atoms with E-state index in [0.29, 0.717) is 11.5 Å². The van der Waals surface area contributed by atoms with Crippen LogP contribution < -0.4 is 10.6 Å². The molecule has 3 rings (SSSR count). The van der Waals surface area contributed by atoms with Gasteiger partial charge in [-0.25, -0.2) is 9.37 Å². The predicted octanol–water partition coefficient (Wildman–Crippen LogP) is 3.87. The molecule has 6 heteroatoms. The number of hydrogen-bond donors (Lipinski definition) is 3. The zero-order valence-corrected chi connectivity index (χ0v) is 16.0. The van der Waals surface area contributed by atoms with Gasteiger partial charge in [-0.05, 0) is 49.6 Å². The molecule has 27 heavy (non-hydrogen) atoms. The Bertz CT molecular complexity index is 898. The average molecular weight is 367 g/mol. The second-order valence-electron chi connectivity index (χ2n) is 6.68. The van der Waals surface area contributed by atoms with Gasteiger partial charge in [0.15, 0.2) is 5.96 Å². The van der Waals surface area contributed by atoms with Crippen molar-refractivity contribution in [3.05, 3.63) is 65.2 Å². The second-order valence-corrected chi connectivity index (χ2v) is 6.68. The number of aromatic nitrogens is 2. The number of aromatic amines is 1. The maximum Gasteiger partial charge on any atom is 0.191 e. The number of para-hydroxylation sites is 2. The minimum Gasteiger partial charge on any atom is -0.356 e. The number of guanidine groups is 1. The predicted molar refractivity (Wildman–Crippen MR) is 108 cm³/mol. The van der Waals surface area contributed by atoms with Crippen molar-refractivity contribution in [2.75, 3.05) is 13.6 Å². The van der Waals surface area contributed by atoms with Crippen molar-refractivity contribution >= 4 is 17.0 Å². The van der Waals surface area contributed by atoms with Crippen LogP contribution in [0.5, 0.6) is 0 Å². The molecule has 2 aromatic carbocycles. The Hall–Kier alpha value is -2.89. The fourth-order valence-corrected chi connectivity index (χ4v) is 2.95. The Morgan fingerprint density at radius 1 is 1.26 bits per heavy atom. The molecule has 0 fully saturated rings. The first-order valence-electron chi connectivity index (χ1n) is 9.23. The van der Waals surface area contributed by atoms with E-state index in [1.807, 2.05) is 37.3 Å². The normalized spacial score (nSPS) is 13.0. The van der Waals surface area contributed by atoms with Crippen LogP contribution in [0.1, 0.15) is 36.3 Å². The lowest BCUT2D eigenvalue weighted by atomic mass is 10.1. The number of imidazole rings is 1. The number of rotatable bonds is 6. The highest BCUT2D eigenvalue weighted by molar-refractivity contribution is 5.80. The third-order valence-electron chi connectivity index (χ3n) is 4.59. The lowest BCUT2D eigenvalue weighted by Crippen LogP contribution is -2.39. The zero-order valence-electron chi connectivity index (χ0n) is 16.0. The van der Waals surface area contributed by atoms with Gasteiger partial charge < -0.3 is 15.6 Å². The average Bonchev–Trinajstić information content (AvgIpc) is 3.09. The van der Waals surface area contributed by atoms with E-state index in [1.54, 1.807) is 26.1 Å². The molecule has 142 valence electrons. The summed E-state index contributed by atoms with van der Waals surface area (Å²) in [4.78, 5) is 12.2. The molecule has 0 aliphatic rings. The van der Waals surface area contributed by atoms with E-state index in [-0.39, 0.29) is 11.9 Å². The van der Waals surface area contributed by atoms with Crippen LogP contribution in [0.15, 0.2) is 47.5 Å². The Morgan fingerprint density at radius 3 is 2.81 bits per heavy atom. The van der Waals surface area contributed by atoms with E-state index in [4.69, 9.17) is 0 Å². The molecule has 0 amide bonds. The van der Waals surface area contributed by atoms with Crippen molar-refractivity contribution < 1.29 is 4.39 Å². The topological polar surface area (TPSA) is 65.1 Å². The number of nitrogens with one attached hydrogen (secondary N) is 3. The van der Waals surface area contributed by atoms with E-state index in [9.17, 15) is 4.39 Å². The number of benzene rings is 2. The SMILES string of the molecule is CN=C(NCCCc1nc2ccccc2[nH]1)NC(C)c1ccc(C)c(F)c1. The summed E-state index contributed by atoms with van der Waals surface area (Å²) in [7, 11) is 1.73. The molecule has 0 aliphatic carbocycles. The van der Waals surface area contributed by atoms with Gasteiger partial charge in [-0.3, -0.25) is 4.99 Å². The van der Waals surface area contributed by atoms with Crippen LogP contribution in [-0.4, -0.2) is 29.5 Å². The molecule has 0 saturated heterocycles. The quantitative estimate of drug-likeness (QED) is 0.352. The fraction of sp³-hybridized carbons (Fsp3) is 0.333. The lowest BCUT2D eigenvalue weighted by Gasteiger charge is -2.18. The number of nitrogens with zero attached hydrogens (tertiary/aromatic N) is 2. The molecule has 1 aromatic heterocycles. The first-order valence-corrected chi connectivity index (χ1v) is 9.23. The lowest BCUT2D eigenvalue weighted by molar-refractivity contribution is 0.607. The summed E-state index contributed by atoms with van der Waals surface area (Å²) in [6.45, 7) is 4.52. The molecule has 0 aliphatic heterocycles. The minimum absolute atomic E-state index is 0.0401. The number of H-pyrrole nitrogens is 1. The highest BCUT2D eigenvalue weighted by Gasteiger charge is 2.10. The van der Waals surface area contributed by atoms with Gasteiger partial charge in [0, 0.05) is 20.0 Å². The third kappa shape index (κ3) is 4.84. The monoisotopic (exact) mass is 367 g/mol. The smallest absolute Gasteiger partial charge is 0.191 e. The first kappa shape index (κ1) is 18.9. The molecule has 0 saturated carbocycles. The largest absolute Gasteiger partial charge is 0.356 e. The molecule has 5 nitrogen and oxygen atoms in total. The molecule has 0 bridgehead atoms. The van der Waals surface area contributed by atoms with Crippen LogP contribution in [0.2, 0.25) is 0 Å². The summed E-state index contributed by atoms with van der Waals surface area (Å²) in [5, 5.41) is 6.60. The van der Waals surface area contributed by atoms with E-state index in [2.05, 4.69) is 25.6 Å². The zero-order chi connectivity index (χ0) is 19.2. The van der Waals surface area contributed by atoms with Crippen LogP contribution in [0.3, 0.4) is 0 Å². The number of fused-ring (bicyclic) bond motifs is 1. The second kappa shape index (κ2) is 8.66. The van der Waals surface area contributed by atoms with Gasteiger partial charge in [0.1, 0.15) is 11.6 Å². The Morgan fingerprint density at radius 2 is 2.07 bits per heavy atom. The van der Waals surface area contributed by atoms with Gasteiger partial charge in [-0.15, -0.1) is 0 Å². The van der Waals surface area contributed by atoms with Crippen LogP contribution in [0, 0.1) is 12.7 Å². The summed E-state index contributed by atoms with van der Waals surface area (Å²) in [5.74, 6) is 1.51. The number of hydrogen-bond acceptors (Lipinski definition) is 2. The fourth-order valence-electron chi connectivity index (χ4n) is 2.95. The summed E-state index contributed by atoms with van der Waals surface area (Å²) >= 11 is 0. The van der Waals surface area contributed by atoms with E-state index in [0.717, 1.165) is 41.8 Å². The van der Waals surface area contributed by atoms with Gasteiger partial charge in [0.05, 0.1) is 17.1 Å². The molecule has 1 unspecified atom stereocenters. The molecule has 0 spiro atoms. The summed E-state index contributed by atoms with van der Waals surface area (Å²) in [6.07, 6.45) is 1.78. The molecule has 3 N–H and O–H groups in total. The van der Waals surface area contributed by atoms with Crippen molar-refractivity contribution in [2.24, 2.45) is 4.99 Å². The summed E-state index contributed by atoms with van der Waals surface area (Å²) in [5.41, 5.74) is 3.61. The van der Waals surface area contributed by atoms with Gasteiger partial charge in [0.2, 0.25) is 0 Å². The van der Waals surface area contributed by atoms with Gasteiger partial charge in [-0.2, -0.15) is 0 Å². The highest BCUT2D eigenvalue weighted by atomic mass is 19.1. The Kier molecular flexibility index (Phi) is 6.06. The molecular weight excluding hydrogens is 341 g/mol. The first-order chi connectivity index (χ1) is 13.1. The number of halogens is 1. The summed E-state index contributed by atoms with van der Waals surface area (Å²) in [6, 6.07) is 13.3. The van der Waals surface area contributed by atoms with Crippen LogP contribution in [0.4, 0.5) is 4.39 Å². The molecule has 1 atom stereocenters. The van der Waals surface area contributed by atoms with Crippen molar-refractivity contribution in [1.82, 2.24) is 20.6 Å². The molecule has 0 radical (unpaired) electrons.